The summed E-state index contributed by atoms with van der Waals surface area (Å²) in [5.41, 5.74) is 1.66. The summed E-state index contributed by atoms with van der Waals surface area (Å²) in [6.07, 6.45) is 1.37. The van der Waals surface area contributed by atoms with Gasteiger partial charge in [0, 0.05) is 0 Å². The van der Waals surface area contributed by atoms with E-state index in [9.17, 15) is 0 Å². The molecule has 0 aliphatic rings. The Bertz CT molecular complexity index is 748. The number of benzene rings is 2. The van der Waals surface area contributed by atoms with E-state index in [1.54, 1.807) is 0 Å². The summed E-state index contributed by atoms with van der Waals surface area (Å²) in [7, 11) is 0. The largest absolute Gasteiger partial charge is 0.471 e. The van der Waals surface area contributed by atoms with E-state index in [1.165, 1.54) is 6.33 Å². The van der Waals surface area contributed by atoms with Gasteiger partial charge in [-0.3, -0.25) is 0 Å². The molecule has 0 saturated carbocycles. The van der Waals surface area contributed by atoms with Gasteiger partial charge < -0.3 is 9.47 Å². The fourth-order valence-corrected chi connectivity index (χ4v) is 1.94. The van der Waals surface area contributed by atoms with Crippen LogP contribution in [0.5, 0.6) is 17.4 Å². The summed E-state index contributed by atoms with van der Waals surface area (Å²) in [5.74, 6) is 2.06. The van der Waals surface area contributed by atoms with Crippen LogP contribution in [0.25, 0.3) is 0 Å². The third-order valence-corrected chi connectivity index (χ3v) is 3.00. The van der Waals surface area contributed by atoms with Crippen LogP contribution in [0.3, 0.4) is 0 Å². The van der Waals surface area contributed by atoms with Crippen LogP contribution in [-0.4, -0.2) is 15.2 Å². The number of ether oxygens (including phenoxy) is 2. The molecule has 0 unspecified atom stereocenters. The highest BCUT2D eigenvalue weighted by atomic mass is 16.5. The molecule has 0 bridgehead atoms. The van der Waals surface area contributed by atoms with Gasteiger partial charge in [0.2, 0.25) is 5.88 Å². The maximum atomic E-state index is 5.80. The Kier molecular flexibility index (Phi) is 4.25. The quantitative estimate of drug-likeness (QED) is 0.720. The molecule has 0 fully saturated rings. The molecule has 1 heterocycles. The maximum absolute atomic E-state index is 5.80. The van der Waals surface area contributed by atoms with Crippen molar-refractivity contribution in [3.05, 3.63) is 72.2 Å². The zero-order valence-electron chi connectivity index (χ0n) is 12.1. The molecule has 5 nitrogen and oxygen atoms in total. The number of aryl methyl sites for hydroxylation is 1. The first-order valence-corrected chi connectivity index (χ1v) is 6.90. The van der Waals surface area contributed by atoms with Crippen LogP contribution in [0, 0.1) is 6.92 Å². The predicted octanol–water partition coefficient (Wildman–Crippen LogP) is 3.55. The summed E-state index contributed by atoms with van der Waals surface area (Å²) in [4.78, 5) is 4.06. The lowest BCUT2D eigenvalue weighted by Crippen LogP contribution is -2.01. The van der Waals surface area contributed by atoms with E-state index in [-0.39, 0.29) is 0 Å². The van der Waals surface area contributed by atoms with Gasteiger partial charge in [-0.2, -0.15) is 4.98 Å². The minimum Gasteiger partial charge on any atom is -0.471 e. The first-order valence-electron chi connectivity index (χ1n) is 6.90. The number of hydrogen-bond donors (Lipinski definition) is 0. The summed E-state index contributed by atoms with van der Waals surface area (Å²) in [5, 5.41) is 7.60. The van der Waals surface area contributed by atoms with E-state index in [2.05, 4.69) is 15.2 Å². The van der Waals surface area contributed by atoms with Crippen LogP contribution in [0.1, 0.15) is 11.3 Å². The highest BCUT2D eigenvalue weighted by molar-refractivity contribution is 5.33. The third-order valence-electron chi connectivity index (χ3n) is 3.00. The molecule has 22 heavy (non-hydrogen) atoms. The zero-order chi connectivity index (χ0) is 15.2. The number of rotatable bonds is 5. The lowest BCUT2D eigenvalue weighted by Gasteiger charge is -2.09. The average molecular weight is 293 g/mol. The van der Waals surface area contributed by atoms with Crippen LogP contribution in [0.4, 0.5) is 0 Å². The third kappa shape index (κ3) is 3.58. The zero-order valence-corrected chi connectivity index (χ0v) is 12.1. The molecule has 110 valence electrons. The molecule has 5 heteroatoms. The molecule has 0 N–H and O–H groups in total. The molecule has 0 aliphatic heterocycles. The monoisotopic (exact) mass is 293 g/mol. The summed E-state index contributed by atoms with van der Waals surface area (Å²) >= 11 is 0. The van der Waals surface area contributed by atoms with E-state index >= 15 is 0 Å². The van der Waals surface area contributed by atoms with Crippen LogP contribution in [0.15, 0.2) is 60.9 Å². The van der Waals surface area contributed by atoms with Gasteiger partial charge in [-0.1, -0.05) is 30.3 Å². The number of nitrogens with zero attached hydrogens (tertiary/aromatic N) is 3. The van der Waals surface area contributed by atoms with Crippen LogP contribution < -0.4 is 9.47 Å². The van der Waals surface area contributed by atoms with Crippen molar-refractivity contribution in [1.82, 2.24) is 15.2 Å². The van der Waals surface area contributed by atoms with Crippen LogP contribution >= 0.6 is 0 Å². The van der Waals surface area contributed by atoms with Gasteiger partial charge in [-0.05, 0) is 36.8 Å². The van der Waals surface area contributed by atoms with Gasteiger partial charge >= 0.3 is 0 Å². The summed E-state index contributed by atoms with van der Waals surface area (Å²) in [6, 6.07) is 17.4. The van der Waals surface area contributed by atoms with Crippen molar-refractivity contribution in [2.45, 2.75) is 13.5 Å². The van der Waals surface area contributed by atoms with Gasteiger partial charge in [-0.25, -0.2) is 0 Å². The molecule has 0 radical (unpaired) electrons. The second kappa shape index (κ2) is 6.67. The molecule has 2 aromatic carbocycles. The Morgan fingerprint density at radius 1 is 0.955 bits per heavy atom. The SMILES string of the molecule is Cc1nncnc1OCc1cccc(Oc2ccccc2)c1. The first kappa shape index (κ1) is 14.0. The normalized spacial score (nSPS) is 10.2. The van der Waals surface area contributed by atoms with Gasteiger partial charge in [0.15, 0.2) is 0 Å². The fraction of sp³-hybridized carbons (Fsp3) is 0.118. The van der Waals surface area contributed by atoms with E-state index in [0.29, 0.717) is 18.2 Å². The number of aromatic nitrogens is 3. The Labute approximate surface area is 128 Å². The Morgan fingerprint density at radius 2 is 1.77 bits per heavy atom. The van der Waals surface area contributed by atoms with Crippen LogP contribution in [0.2, 0.25) is 0 Å². The van der Waals surface area contributed by atoms with Crippen molar-refractivity contribution in [3.63, 3.8) is 0 Å². The number of hydrogen-bond acceptors (Lipinski definition) is 5. The van der Waals surface area contributed by atoms with Gasteiger partial charge in [0.1, 0.15) is 30.1 Å². The molecule has 3 aromatic rings. The van der Waals surface area contributed by atoms with Gasteiger partial charge in [0.25, 0.3) is 0 Å². The summed E-state index contributed by atoms with van der Waals surface area (Å²) < 4.78 is 11.5. The average Bonchev–Trinajstić information content (AvgIpc) is 2.55. The molecule has 1 aromatic heterocycles. The molecule has 0 spiro atoms. The second-order valence-electron chi connectivity index (χ2n) is 4.70. The van der Waals surface area contributed by atoms with Crippen molar-refractivity contribution in [1.29, 1.82) is 0 Å². The van der Waals surface area contributed by atoms with Crippen molar-refractivity contribution < 1.29 is 9.47 Å². The summed E-state index contributed by atoms with van der Waals surface area (Å²) in [6.45, 7) is 2.20. The number of para-hydroxylation sites is 1. The molecular formula is C17H15N3O2. The second-order valence-corrected chi connectivity index (χ2v) is 4.70. The van der Waals surface area contributed by atoms with E-state index in [4.69, 9.17) is 9.47 Å². The highest BCUT2D eigenvalue weighted by Gasteiger charge is 2.04. The standard InChI is InChI=1S/C17H15N3O2/c1-13-17(18-12-19-20-13)21-11-14-6-5-9-16(10-14)22-15-7-3-2-4-8-15/h2-10,12H,11H2,1H3. The lowest BCUT2D eigenvalue weighted by atomic mass is 10.2. The minimum absolute atomic E-state index is 0.394. The Hall–Kier alpha value is -2.95. The predicted molar refractivity (Wildman–Crippen MR) is 81.9 cm³/mol. The fourth-order valence-electron chi connectivity index (χ4n) is 1.94. The highest BCUT2D eigenvalue weighted by Crippen LogP contribution is 2.22. The van der Waals surface area contributed by atoms with Crippen molar-refractivity contribution >= 4 is 0 Å². The molecule has 0 amide bonds. The minimum atomic E-state index is 0.394. The molecule has 3 rings (SSSR count). The molecule has 0 aliphatic carbocycles. The van der Waals surface area contributed by atoms with Gasteiger partial charge in [0.05, 0.1) is 0 Å². The molecule has 0 atom stereocenters. The Morgan fingerprint density at radius 3 is 2.59 bits per heavy atom. The van der Waals surface area contributed by atoms with Crippen molar-refractivity contribution in [3.8, 4) is 17.4 Å². The maximum Gasteiger partial charge on any atom is 0.239 e. The first-order chi connectivity index (χ1) is 10.8. The van der Waals surface area contributed by atoms with E-state index < -0.39 is 0 Å². The lowest BCUT2D eigenvalue weighted by molar-refractivity contribution is 0.288. The van der Waals surface area contributed by atoms with Gasteiger partial charge in [-0.15, -0.1) is 10.2 Å². The Balaban J connectivity index is 1.68. The smallest absolute Gasteiger partial charge is 0.239 e. The van der Waals surface area contributed by atoms with Crippen LogP contribution in [-0.2, 0) is 6.61 Å². The topological polar surface area (TPSA) is 57.1 Å². The molecular weight excluding hydrogens is 278 g/mol. The van der Waals surface area contributed by atoms with Crippen molar-refractivity contribution in [2.75, 3.05) is 0 Å². The van der Waals surface area contributed by atoms with E-state index in [1.807, 2.05) is 61.5 Å². The van der Waals surface area contributed by atoms with E-state index in [0.717, 1.165) is 17.1 Å². The molecule has 0 saturated heterocycles. The van der Waals surface area contributed by atoms with Crippen molar-refractivity contribution in [2.24, 2.45) is 0 Å².